The van der Waals surface area contributed by atoms with Crippen LogP contribution in [0.3, 0.4) is 0 Å². The van der Waals surface area contributed by atoms with Crippen LogP contribution < -0.4 is 5.73 Å². The molecule has 0 fully saturated rings. The molecule has 0 saturated carbocycles. The lowest BCUT2D eigenvalue weighted by molar-refractivity contribution is 0.0557. The Bertz CT molecular complexity index is 189. The third-order valence-corrected chi connectivity index (χ3v) is 3.54. The van der Waals surface area contributed by atoms with Gasteiger partial charge in [0, 0.05) is 5.41 Å². The van der Waals surface area contributed by atoms with Crippen molar-refractivity contribution in [3.63, 3.8) is 0 Å². The molecule has 0 heterocycles. The summed E-state index contributed by atoms with van der Waals surface area (Å²) in [5, 5.41) is 7.74. The van der Waals surface area contributed by atoms with Crippen LogP contribution in [0.15, 0.2) is 0 Å². The fourth-order valence-electron chi connectivity index (χ4n) is 1.93. The van der Waals surface area contributed by atoms with Gasteiger partial charge in [-0.1, -0.05) is 48.5 Å². The number of nitrogens with two attached hydrogens (primary N) is 1. The standard InChI is InChI=1S/C11H24N2/c1-9(2,3)11(7,8(12)13)10(4,5)6/h1-7H3,(H3,12,13). The van der Waals surface area contributed by atoms with Crippen LogP contribution >= 0.6 is 0 Å². The van der Waals surface area contributed by atoms with E-state index in [1.807, 2.05) is 0 Å². The molecule has 0 atom stereocenters. The van der Waals surface area contributed by atoms with E-state index in [1.54, 1.807) is 0 Å². The zero-order chi connectivity index (χ0) is 11.1. The maximum absolute atomic E-state index is 7.74. The first-order valence-electron chi connectivity index (χ1n) is 4.79. The maximum atomic E-state index is 7.74. The van der Waals surface area contributed by atoms with Crippen LogP contribution in [0.25, 0.3) is 0 Å². The van der Waals surface area contributed by atoms with Crippen LogP contribution in [0.2, 0.25) is 0 Å². The lowest BCUT2D eigenvalue weighted by Crippen LogP contribution is -2.52. The van der Waals surface area contributed by atoms with Gasteiger partial charge in [-0.05, 0) is 10.8 Å². The van der Waals surface area contributed by atoms with E-state index in [4.69, 9.17) is 11.1 Å². The molecule has 2 heteroatoms. The molecule has 78 valence electrons. The summed E-state index contributed by atoms with van der Waals surface area (Å²) in [4.78, 5) is 0. The van der Waals surface area contributed by atoms with Gasteiger partial charge in [0.2, 0.25) is 0 Å². The van der Waals surface area contributed by atoms with E-state index in [0.717, 1.165) is 0 Å². The summed E-state index contributed by atoms with van der Waals surface area (Å²) in [5.74, 6) is 0.285. The normalized spacial score (nSPS) is 14.4. The number of rotatable bonds is 1. The second kappa shape index (κ2) is 3.00. The Labute approximate surface area is 82.4 Å². The molecule has 0 spiro atoms. The third-order valence-electron chi connectivity index (χ3n) is 3.54. The van der Waals surface area contributed by atoms with E-state index in [0.29, 0.717) is 0 Å². The van der Waals surface area contributed by atoms with Crippen molar-refractivity contribution in [3.8, 4) is 0 Å². The largest absolute Gasteiger partial charge is 0.387 e. The van der Waals surface area contributed by atoms with E-state index < -0.39 is 0 Å². The first-order valence-corrected chi connectivity index (χ1v) is 4.79. The summed E-state index contributed by atoms with van der Waals surface area (Å²) >= 11 is 0. The van der Waals surface area contributed by atoms with Crippen molar-refractivity contribution < 1.29 is 0 Å². The molecule has 0 aliphatic carbocycles. The van der Waals surface area contributed by atoms with Gasteiger partial charge in [0.05, 0.1) is 5.84 Å². The predicted octanol–water partition coefficient (Wildman–Crippen LogP) is 3.02. The molecule has 0 bridgehead atoms. The van der Waals surface area contributed by atoms with Crippen molar-refractivity contribution in [1.29, 1.82) is 5.41 Å². The van der Waals surface area contributed by atoms with Crippen molar-refractivity contribution in [3.05, 3.63) is 0 Å². The lowest BCUT2D eigenvalue weighted by atomic mass is 9.54. The molecule has 0 amide bonds. The molecule has 0 unspecified atom stereocenters. The molecule has 0 rings (SSSR count). The maximum Gasteiger partial charge on any atom is 0.0976 e. The van der Waals surface area contributed by atoms with Crippen LogP contribution in [-0.2, 0) is 0 Å². The minimum absolute atomic E-state index is 0.0110. The molecule has 13 heavy (non-hydrogen) atoms. The first-order chi connectivity index (χ1) is 5.44. The molecule has 0 saturated heterocycles. The van der Waals surface area contributed by atoms with Crippen LogP contribution in [0.5, 0.6) is 0 Å². The van der Waals surface area contributed by atoms with E-state index in [9.17, 15) is 0 Å². The average Bonchev–Trinajstić information content (AvgIpc) is 1.80. The molecular formula is C11H24N2. The van der Waals surface area contributed by atoms with Crippen LogP contribution in [0.4, 0.5) is 0 Å². The van der Waals surface area contributed by atoms with Crippen molar-refractivity contribution in [2.45, 2.75) is 48.5 Å². The van der Waals surface area contributed by atoms with E-state index in [1.165, 1.54) is 0 Å². The molecule has 3 N–H and O–H groups in total. The van der Waals surface area contributed by atoms with Crippen LogP contribution in [0.1, 0.15) is 48.5 Å². The highest BCUT2D eigenvalue weighted by Gasteiger charge is 2.49. The quantitative estimate of drug-likeness (QED) is 0.477. The summed E-state index contributed by atoms with van der Waals surface area (Å²) in [6, 6.07) is 0. The van der Waals surface area contributed by atoms with Gasteiger partial charge in [-0.25, -0.2) is 0 Å². The lowest BCUT2D eigenvalue weighted by Gasteiger charge is -2.50. The van der Waals surface area contributed by atoms with Gasteiger partial charge in [0.15, 0.2) is 0 Å². The molecule has 0 aliphatic heterocycles. The van der Waals surface area contributed by atoms with Crippen LogP contribution in [0, 0.1) is 21.7 Å². The number of hydrogen-bond donors (Lipinski definition) is 2. The second-order valence-corrected chi connectivity index (χ2v) is 6.04. The summed E-state index contributed by atoms with van der Waals surface area (Å²) in [6.45, 7) is 14.9. The van der Waals surface area contributed by atoms with Gasteiger partial charge in [0.1, 0.15) is 0 Å². The Hall–Kier alpha value is -0.530. The van der Waals surface area contributed by atoms with Gasteiger partial charge in [0.25, 0.3) is 0 Å². The minimum atomic E-state index is -0.264. The average molecular weight is 184 g/mol. The Kier molecular flexibility index (Phi) is 2.88. The Morgan fingerprint density at radius 1 is 0.846 bits per heavy atom. The minimum Gasteiger partial charge on any atom is -0.387 e. The molecule has 0 aromatic heterocycles. The summed E-state index contributed by atoms with van der Waals surface area (Å²) in [5.41, 5.74) is 5.48. The number of amidine groups is 1. The highest BCUT2D eigenvalue weighted by Crippen LogP contribution is 2.50. The van der Waals surface area contributed by atoms with Crippen molar-refractivity contribution >= 4 is 5.84 Å². The SMILES string of the molecule is CC(C)(C)C(C)(C(=N)N)C(C)(C)C. The molecule has 0 aromatic rings. The first kappa shape index (κ1) is 12.5. The number of hydrogen-bond acceptors (Lipinski definition) is 1. The van der Waals surface area contributed by atoms with E-state index in [-0.39, 0.29) is 22.1 Å². The molecular weight excluding hydrogens is 160 g/mol. The zero-order valence-electron chi connectivity index (χ0n) is 10.1. The van der Waals surface area contributed by atoms with Crippen molar-refractivity contribution in [1.82, 2.24) is 0 Å². The molecule has 0 aliphatic rings. The Morgan fingerprint density at radius 2 is 1.08 bits per heavy atom. The second-order valence-electron chi connectivity index (χ2n) is 6.04. The topological polar surface area (TPSA) is 49.9 Å². The van der Waals surface area contributed by atoms with E-state index in [2.05, 4.69) is 48.5 Å². The van der Waals surface area contributed by atoms with Gasteiger partial charge in [-0.15, -0.1) is 0 Å². The van der Waals surface area contributed by atoms with Gasteiger partial charge in [-0.3, -0.25) is 5.41 Å². The Morgan fingerprint density at radius 3 is 1.08 bits per heavy atom. The fourth-order valence-corrected chi connectivity index (χ4v) is 1.93. The van der Waals surface area contributed by atoms with Gasteiger partial charge >= 0.3 is 0 Å². The number of nitrogens with one attached hydrogen (secondary N) is 1. The highest BCUT2D eigenvalue weighted by molar-refractivity contribution is 5.84. The van der Waals surface area contributed by atoms with E-state index >= 15 is 0 Å². The van der Waals surface area contributed by atoms with Crippen LogP contribution in [-0.4, -0.2) is 5.84 Å². The van der Waals surface area contributed by atoms with Crippen molar-refractivity contribution in [2.75, 3.05) is 0 Å². The van der Waals surface area contributed by atoms with Gasteiger partial charge in [-0.2, -0.15) is 0 Å². The fraction of sp³-hybridized carbons (Fsp3) is 0.909. The predicted molar refractivity (Wildman–Crippen MR) is 58.9 cm³/mol. The zero-order valence-corrected chi connectivity index (χ0v) is 10.1. The monoisotopic (exact) mass is 184 g/mol. The van der Waals surface area contributed by atoms with Crippen molar-refractivity contribution in [2.24, 2.45) is 22.0 Å². The Balaban J connectivity index is 5.35. The molecule has 2 nitrogen and oxygen atoms in total. The smallest absolute Gasteiger partial charge is 0.0976 e. The summed E-state index contributed by atoms with van der Waals surface area (Å²) in [7, 11) is 0. The highest BCUT2D eigenvalue weighted by atomic mass is 14.8. The third kappa shape index (κ3) is 1.87. The summed E-state index contributed by atoms with van der Waals surface area (Å²) in [6.07, 6.45) is 0. The van der Waals surface area contributed by atoms with Gasteiger partial charge < -0.3 is 5.73 Å². The molecule has 0 radical (unpaired) electrons. The molecule has 0 aromatic carbocycles. The summed E-state index contributed by atoms with van der Waals surface area (Å²) < 4.78 is 0.